The van der Waals surface area contributed by atoms with Gasteiger partial charge in [-0.1, -0.05) is 28.1 Å². The molecule has 0 radical (unpaired) electrons. The summed E-state index contributed by atoms with van der Waals surface area (Å²) in [5.41, 5.74) is 0.206. The molecule has 0 fully saturated rings. The minimum atomic E-state index is -2.60. The molecule has 15 heavy (non-hydrogen) atoms. The summed E-state index contributed by atoms with van der Waals surface area (Å²) in [4.78, 5) is 11.4. The van der Waals surface area contributed by atoms with Gasteiger partial charge in [-0.25, -0.2) is 8.78 Å². The molecule has 1 rings (SSSR count). The number of thiol groups is 1. The molecule has 0 amide bonds. The number of carbonyl (C=O) groups is 1. The molecular formula is C10H9BrF2OS. The molecule has 0 saturated carbocycles. The van der Waals surface area contributed by atoms with Crippen molar-refractivity contribution in [3.05, 3.63) is 29.3 Å². The third-order valence-electron chi connectivity index (χ3n) is 1.93. The van der Waals surface area contributed by atoms with Crippen LogP contribution in [0.1, 0.15) is 17.6 Å². The molecule has 0 aliphatic carbocycles. The Balaban J connectivity index is 3.06. The Hall–Kier alpha value is -0.420. The minimum Gasteiger partial charge on any atom is -0.298 e. The van der Waals surface area contributed by atoms with Crippen LogP contribution in [-0.4, -0.2) is 11.1 Å². The van der Waals surface area contributed by atoms with Crippen molar-refractivity contribution in [2.24, 2.45) is 0 Å². The van der Waals surface area contributed by atoms with E-state index in [0.29, 0.717) is 5.56 Å². The van der Waals surface area contributed by atoms with E-state index in [2.05, 4.69) is 28.6 Å². The van der Waals surface area contributed by atoms with Crippen LogP contribution in [0.3, 0.4) is 0 Å². The Morgan fingerprint density at radius 2 is 2.13 bits per heavy atom. The van der Waals surface area contributed by atoms with Crippen molar-refractivity contribution in [3.8, 4) is 0 Å². The van der Waals surface area contributed by atoms with Gasteiger partial charge in [0.1, 0.15) is 5.78 Å². The number of ketones is 1. The van der Waals surface area contributed by atoms with E-state index in [1.807, 2.05) is 0 Å². The first kappa shape index (κ1) is 12.6. The van der Waals surface area contributed by atoms with Crippen LogP contribution in [0.5, 0.6) is 0 Å². The molecule has 82 valence electrons. The Kier molecular flexibility index (Phi) is 4.73. The summed E-state index contributed by atoms with van der Waals surface area (Å²) in [5.74, 6) is -0.129. The van der Waals surface area contributed by atoms with Crippen LogP contribution in [0, 0.1) is 0 Å². The maximum absolute atomic E-state index is 12.7. The molecule has 0 atom stereocenters. The Morgan fingerprint density at radius 1 is 1.47 bits per heavy atom. The van der Waals surface area contributed by atoms with Crippen molar-refractivity contribution >= 4 is 34.3 Å². The van der Waals surface area contributed by atoms with Crippen LogP contribution in [0.4, 0.5) is 8.78 Å². The highest BCUT2D eigenvalue weighted by Gasteiger charge is 2.17. The molecule has 0 spiro atoms. The number of benzene rings is 1. The summed E-state index contributed by atoms with van der Waals surface area (Å²) in [6, 6.07) is 4.64. The van der Waals surface area contributed by atoms with Gasteiger partial charge in [0.05, 0.1) is 5.33 Å². The first-order chi connectivity index (χ1) is 7.06. The van der Waals surface area contributed by atoms with Crippen LogP contribution < -0.4 is 0 Å². The molecule has 0 bridgehead atoms. The average molecular weight is 295 g/mol. The third-order valence-corrected chi connectivity index (χ3v) is 2.94. The van der Waals surface area contributed by atoms with Crippen molar-refractivity contribution in [2.75, 3.05) is 5.33 Å². The molecule has 0 aromatic heterocycles. The zero-order chi connectivity index (χ0) is 11.4. The number of rotatable bonds is 4. The molecule has 5 heteroatoms. The van der Waals surface area contributed by atoms with Crippen molar-refractivity contribution in [2.45, 2.75) is 17.7 Å². The molecule has 0 N–H and O–H groups in total. The monoisotopic (exact) mass is 294 g/mol. The third kappa shape index (κ3) is 3.28. The van der Waals surface area contributed by atoms with Gasteiger partial charge in [-0.3, -0.25) is 4.79 Å². The van der Waals surface area contributed by atoms with E-state index in [4.69, 9.17) is 0 Å². The van der Waals surface area contributed by atoms with Gasteiger partial charge in [-0.2, -0.15) is 0 Å². The van der Waals surface area contributed by atoms with E-state index in [1.54, 1.807) is 6.07 Å². The normalized spacial score (nSPS) is 10.7. The van der Waals surface area contributed by atoms with Crippen molar-refractivity contribution in [3.63, 3.8) is 0 Å². The highest BCUT2D eigenvalue weighted by atomic mass is 79.9. The molecular weight excluding hydrogens is 286 g/mol. The fourth-order valence-corrected chi connectivity index (χ4v) is 1.79. The molecule has 0 unspecified atom stereocenters. The number of Topliss-reactive ketones (excluding diaryl/α,β-unsaturated/α-hetero) is 1. The summed E-state index contributed by atoms with van der Waals surface area (Å²) >= 11 is 6.95. The molecule has 0 aliphatic heterocycles. The summed E-state index contributed by atoms with van der Waals surface area (Å²) in [5, 5.41) is 0.173. The standard InChI is InChI=1S/C10H9BrF2OS/c11-5-7(14)4-6-2-1-3-8(15)9(6)10(12)13/h1-3,10,15H,4-5H2. The molecule has 0 saturated heterocycles. The predicted molar refractivity (Wildman–Crippen MR) is 61.2 cm³/mol. The molecule has 0 aliphatic rings. The van der Waals surface area contributed by atoms with Crippen LogP contribution >= 0.6 is 28.6 Å². The van der Waals surface area contributed by atoms with E-state index in [9.17, 15) is 13.6 Å². The van der Waals surface area contributed by atoms with Gasteiger partial charge in [0.25, 0.3) is 6.43 Å². The maximum atomic E-state index is 12.7. The van der Waals surface area contributed by atoms with Crippen molar-refractivity contribution in [1.29, 1.82) is 0 Å². The SMILES string of the molecule is O=C(CBr)Cc1cccc(S)c1C(F)F. The van der Waals surface area contributed by atoms with Crippen molar-refractivity contribution in [1.82, 2.24) is 0 Å². The Bertz CT molecular complexity index is 368. The van der Waals surface area contributed by atoms with Crippen LogP contribution in [0.25, 0.3) is 0 Å². The van der Waals surface area contributed by atoms with Gasteiger partial charge >= 0.3 is 0 Å². The van der Waals surface area contributed by atoms with E-state index in [1.165, 1.54) is 12.1 Å². The summed E-state index contributed by atoms with van der Waals surface area (Å²) < 4.78 is 25.3. The van der Waals surface area contributed by atoms with E-state index < -0.39 is 6.43 Å². The van der Waals surface area contributed by atoms with Crippen LogP contribution in [0.15, 0.2) is 23.1 Å². The van der Waals surface area contributed by atoms with Gasteiger partial charge in [0.15, 0.2) is 0 Å². The fraction of sp³-hybridized carbons (Fsp3) is 0.300. The lowest BCUT2D eigenvalue weighted by Gasteiger charge is -2.09. The van der Waals surface area contributed by atoms with Gasteiger partial charge in [0, 0.05) is 16.9 Å². The fourth-order valence-electron chi connectivity index (χ4n) is 1.27. The van der Waals surface area contributed by atoms with E-state index in [-0.39, 0.29) is 28.0 Å². The second-order valence-electron chi connectivity index (χ2n) is 3.00. The number of hydrogen-bond acceptors (Lipinski definition) is 2. The molecule has 0 heterocycles. The second kappa shape index (κ2) is 5.61. The quantitative estimate of drug-likeness (QED) is 0.665. The Morgan fingerprint density at radius 3 is 2.67 bits per heavy atom. The van der Waals surface area contributed by atoms with Crippen LogP contribution in [-0.2, 0) is 11.2 Å². The first-order valence-corrected chi connectivity index (χ1v) is 5.79. The highest BCUT2D eigenvalue weighted by molar-refractivity contribution is 9.09. The summed E-state index contributed by atoms with van der Waals surface area (Å²) in [7, 11) is 0. The number of carbonyl (C=O) groups excluding carboxylic acids is 1. The maximum Gasteiger partial charge on any atom is 0.265 e. The lowest BCUT2D eigenvalue weighted by Crippen LogP contribution is -2.06. The molecule has 1 nitrogen and oxygen atoms in total. The summed E-state index contributed by atoms with van der Waals surface area (Å²) in [6.07, 6.45) is -2.59. The minimum absolute atomic E-state index is 0.0132. The average Bonchev–Trinajstić information content (AvgIpc) is 2.17. The van der Waals surface area contributed by atoms with Gasteiger partial charge in [-0.05, 0) is 11.6 Å². The molecule has 1 aromatic rings. The first-order valence-electron chi connectivity index (χ1n) is 4.22. The van der Waals surface area contributed by atoms with Gasteiger partial charge in [-0.15, -0.1) is 12.6 Å². The van der Waals surface area contributed by atoms with Crippen molar-refractivity contribution < 1.29 is 13.6 Å². The van der Waals surface area contributed by atoms with E-state index >= 15 is 0 Å². The lowest BCUT2D eigenvalue weighted by atomic mass is 10.0. The van der Waals surface area contributed by atoms with Gasteiger partial charge < -0.3 is 0 Å². The predicted octanol–water partition coefficient (Wildman–Crippen LogP) is 3.42. The summed E-state index contributed by atoms with van der Waals surface area (Å²) in [6.45, 7) is 0. The zero-order valence-electron chi connectivity index (χ0n) is 7.71. The largest absolute Gasteiger partial charge is 0.298 e. The van der Waals surface area contributed by atoms with E-state index in [0.717, 1.165) is 0 Å². The Labute approximate surface area is 100 Å². The zero-order valence-corrected chi connectivity index (χ0v) is 10.2. The van der Waals surface area contributed by atoms with Crippen LogP contribution in [0.2, 0.25) is 0 Å². The molecule has 1 aromatic carbocycles. The number of alkyl halides is 3. The van der Waals surface area contributed by atoms with Gasteiger partial charge in [0.2, 0.25) is 0 Å². The number of halogens is 3. The highest BCUT2D eigenvalue weighted by Crippen LogP contribution is 2.29. The topological polar surface area (TPSA) is 17.1 Å². The second-order valence-corrected chi connectivity index (χ2v) is 4.04. The lowest BCUT2D eigenvalue weighted by molar-refractivity contribution is -0.115. The number of hydrogen-bond donors (Lipinski definition) is 1. The smallest absolute Gasteiger partial charge is 0.265 e.